The van der Waals surface area contributed by atoms with E-state index in [9.17, 15) is 18.4 Å². The number of rotatable bonds is 6. The summed E-state index contributed by atoms with van der Waals surface area (Å²) in [6.45, 7) is 3.46. The molecule has 1 rings (SSSR count). The number of carbonyl (C=O) groups excluding carboxylic acids is 1. The van der Waals surface area contributed by atoms with E-state index in [0.717, 1.165) is 18.2 Å². The molecule has 0 saturated heterocycles. The maximum atomic E-state index is 13.5. The van der Waals surface area contributed by atoms with Crippen molar-refractivity contribution in [3.63, 3.8) is 0 Å². The van der Waals surface area contributed by atoms with Crippen molar-refractivity contribution >= 4 is 11.9 Å². The van der Waals surface area contributed by atoms with E-state index in [1.54, 1.807) is 13.8 Å². The summed E-state index contributed by atoms with van der Waals surface area (Å²) < 4.78 is 26.6. The Balaban J connectivity index is 3.02. The van der Waals surface area contributed by atoms with Crippen LogP contribution in [0.4, 0.5) is 8.78 Å². The zero-order valence-corrected chi connectivity index (χ0v) is 11.4. The molecule has 0 aliphatic heterocycles. The zero-order chi connectivity index (χ0) is 15.3. The Morgan fingerprint density at radius 3 is 2.35 bits per heavy atom. The average Bonchev–Trinajstić information content (AvgIpc) is 2.40. The van der Waals surface area contributed by atoms with Crippen LogP contribution in [0, 0.1) is 11.6 Å². The first-order valence-electron chi connectivity index (χ1n) is 6.33. The molecule has 0 heterocycles. The van der Waals surface area contributed by atoms with E-state index in [0.29, 0.717) is 12.8 Å². The number of carboxylic acid groups (broad SMARTS) is 1. The summed E-state index contributed by atoms with van der Waals surface area (Å²) in [7, 11) is 0. The molecule has 1 aromatic carbocycles. The third-order valence-electron chi connectivity index (χ3n) is 3.39. The van der Waals surface area contributed by atoms with Crippen LogP contribution in [0.5, 0.6) is 0 Å². The molecule has 0 unspecified atom stereocenters. The molecule has 1 amide bonds. The topological polar surface area (TPSA) is 66.4 Å². The van der Waals surface area contributed by atoms with Gasteiger partial charge < -0.3 is 10.4 Å². The summed E-state index contributed by atoms with van der Waals surface area (Å²) in [6, 6.07) is 2.57. The highest BCUT2D eigenvalue weighted by Crippen LogP contribution is 2.21. The monoisotopic (exact) mass is 285 g/mol. The Kier molecular flexibility index (Phi) is 5.19. The quantitative estimate of drug-likeness (QED) is 0.844. The van der Waals surface area contributed by atoms with Gasteiger partial charge in [0, 0.05) is 0 Å². The Morgan fingerprint density at radius 1 is 1.25 bits per heavy atom. The second-order valence-electron chi connectivity index (χ2n) is 4.64. The lowest BCUT2D eigenvalue weighted by Gasteiger charge is -2.31. The van der Waals surface area contributed by atoms with Crippen molar-refractivity contribution in [2.75, 3.05) is 0 Å². The minimum Gasteiger partial charge on any atom is -0.481 e. The van der Waals surface area contributed by atoms with E-state index in [2.05, 4.69) is 5.32 Å². The van der Waals surface area contributed by atoms with Gasteiger partial charge in [0.25, 0.3) is 5.91 Å². The number of hydrogen-bond donors (Lipinski definition) is 2. The van der Waals surface area contributed by atoms with Crippen molar-refractivity contribution in [3.8, 4) is 0 Å². The number of hydrogen-bond acceptors (Lipinski definition) is 2. The van der Waals surface area contributed by atoms with E-state index in [1.165, 1.54) is 0 Å². The number of halogens is 2. The van der Waals surface area contributed by atoms with E-state index >= 15 is 0 Å². The number of nitrogens with one attached hydrogen (secondary N) is 1. The largest absolute Gasteiger partial charge is 0.481 e. The summed E-state index contributed by atoms with van der Waals surface area (Å²) in [5.41, 5.74) is -1.40. The number of carboxylic acids is 1. The summed E-state index contributed by atoms with van der Waals surface area (Å²) in [5, 5.41) is 11.4. The molecule has 110 valence electrons. The average molecular weight is 285 g/mol. The number of benzene rings is 1. The van der Waals surface area contributed by atoms with E-state index < -0.39 is 34.6 Å². The minimum atomic E-state index is -1.06. The van der Waals surface area contributed by atoms with Gasteiger partial charge in [-0.1, -0.05) is 13.8 Å². The van der Waals surface area contributed by atoms with Crippen LogP contribution in [0.15, 0.2) is 18.2 Å². The molecule has 1 aromatic rings. The van der Waals surface area contributed by atoms with Gasteiger partial charge in [-0.05, 0) is 31.0 Å². The molecule has 0 aliphatic rings. The lowest BCUT2D eigenvalue weighted by molar-refractivity contribution is -0.138. The molecule has 4 nitrogen and oxygen atoms in total. The number of amides is 1. The summed E-state index contributed by atoms with van der Waals surface area (Å²) in [5.74, 6) is -3.45. The first-order valence-corrected chi connectivity index (χ1v) is 6.33. The highest BCUT2D eigenvalue weighted by molar-refractivity contribution is 5.95. The van der Waals surface area contributed by atoms with Crippen LogP contribution in [0.25, 0.3) is 0 Å². The third kappa shape index (κ3) is 3.76. The van der Waals surface area contributed by atoms with Crippen molar-refractivity contribution < 1.29 is 23.5 Å². The fraction of sp³-hybridized carbons (Fsp3) is 0.429. The molecule has 20 heavy (non-hydrogen) atoms. The van der Waals surface area contributed by atoms with Crippen LogP contribution in [0.2, 0.25) is 0 Å². The van der Waals surface area contributed by atoms with Crippen LogP contribution in [-0.2, 0) is 4.79 Å². The second kappa shape index (κ2) is 6.45. The van der Waals surface area contributed by atoms with Crippen molar-refractivity contribution in [3.05, 3.63) is 35.4 Å². The van der Waals surface area contributed by atoms with Gasteiger partial charge in [-0.2, -0.15) is 0 Å². The van der Waals surface area contributed by atoms with Gasteiger partial charge in [0.1, 0.15) is 11.6 Å². The van der Waals surface area contributed by atoms with E-state index in [1.807, 2.05) is 0 Å². The number of carbonyl (C=O) groups is 2. The van der Waals surface area contributed by atoms with Crippen molar-refractivity contribution in [2.24, 2.45) is 0 Å². The SMILES string of the molecule is CCC(CC)(CC(=O)O)NC(=O)c1cc(F)ccc1F. The molecule has 0 atom stereocenters. The number of aliphatic carboxylic acids is 1. The Labute approximate surface area is 115 Å². The fourth-order valence-electron chi connectivity index (χ4n) is 1.99. The van der Waals surface area contributed by atoms with Gasteiger partial charge >= 0.3 is 5.97 Å². The molecule has 2 N–H and O–H groups in total. The van der Waals surface area contributed by atoms with Crippen LogP contribution in [0.3, 0.4) is 0 Å². The van der Waals surface area contributed by atoms with Crippen LogP contribution in [-0.4, -0.2) is 22.5 Å². The second-order valence-corrected chi connectivity index (χ2v) is 4.64. The maximum Gasteiger partial charge on any atom is 0.305 e. The van der Waals surface area contributed by atoms with Crippen LogP contribution < -0.4 is 5.32 Å². The molecule has 0 bridgehead atoms. The molecule has 0 aliphatic carbocycles. The van der Waals surface area contributed by atoms with Gasteiger partial charge in [0.05, 0.1) is 17.5 Å². The molecule has 0 saturated carbocycles. The van der Waals surface area contributed by atoms with Crippen LogP contribution >= 0.6 is 0 Å². The molecular formula is C14H17F2NO3. The molecular weight excluding hydrogens is 268 g/mol. The molecule has 0 fully saturated rings. The highest BCUT2D eigenvalue weighted by atomic mass is 19.1. The van der Waals surface area contributed by atoms with Gasteiger partial charge in [-0.3, -0.25) is 9.59 Å². The standard InChI is InChI=1S/C14H17F2NO3/c1-3-14(4-2,8-12(18)19)17-13(20)10-7-9(15)5-6-11(10)16/h5-7H,3-4,8H2,1-2H3,(H,17,20)(H,18,19). The molecule has 0 aromatic heterocycles. The summed E-state index contributed by atoms with van der Waals surface area (Å²) in [6.07, 6.45) is 0.472. The van der Waals surface area contributed by atoms with Crippen LogP contribution in [0.1, 0.15) is 43.5 Å². The fourth-order valence-corrected chi connectivity index (χ4v) is 1.99. The smallest absolute Gasteiger partial charge is 0.305 e. The maximum absolute atomic E-state index is 13.5. The predicted octanol–water partition coefficient (Wildman–Crippen LogP) is 2.73. The first kappa shape index (κ1) is 16.1. The van der Waals surface area contributed by atoms with Gasteiger partial charge in [-0.15, -0.1) is 0 Å². The minimum absolute atomic E-state index is 0.275. The predicted molar refractivity (Wildman–Crippen MR) is 69.4 cm³/mol. The lowest BCUT2D eigenvalue weighted by Crippen LogP contribution is -2.49. The third-order valence-corrected chi connectivity index (χ3v) is 3.39. The molecule has 6 heteroatoms. The van der Waals surface area contributed by atoms with E-state index in [4.69, 9.17) is 5.11 Å². The van der Waals surface area contributed by atoms with Gasteiger partial charge in [0.15, 0.2) is 0 Å². The van der Waals surface area contributed by atoms with E-state index in [-0.39, 0.29) is 6.42 Å². The van der Waals surface area contributed by atoms with Gasteiger partial charge in [-0.25, -0.2) is 8.78 Å². The first-order chi connectivity index (χ1) is 9.33. The summed E-state index contributed by atoms with van der Waals surface area (Å²) in [4.78, 5) is 22.9. The highest BCUT2D eigenvalue weighted by Gasteiger charge is 2.32. The van der Waals surface area contributed by atoms with Crippen molar-refractivity contribution in [1.82, 2.24) is 5.32 Å². The zero-order valence-electron chi connectivity index (χ0n) is 11.4. The van der Waals surface area contributed by atoms with Gasteiger partial charge in [0.2, 0.25) is 0 Å². The Bertz CT molecular complexity index is 513. The summed E-state index contributed by atoms with van der Waals surface area (Å²) >= 11 is 0. The molecule has 0 spiro atoms. The normalized spacial score (nSPS) is 11.2. The van der Waals surface area contributed by atoms with Crippen molar-refractivity contribution in [1.29, 1.82) is 0 Å². The lowest BCUT2D eigenvalue weighted by atomic mass is 9.88. The molecule has 0 radical (unpaired) electrons. The Hall–Kier alpha value is -1.98. The van der Waals surface area contributed by atoms with Crippen molar-refractivity contribution in [2.45, 2.75) is 38.6 Å². The Morgan fingerprint density at radius 2 is 1.85 bits per heavy atom.